The highest BCUT2D eigenvalue weighted by atomic mass is 35.5. The third-order valence-corrected chi connectivity index (χ3v) is 6.04. The van der Waals surface area contributed by atoms with Gasteiger partial charge in [-0.25, -0.2) is 9.97 Å². The summed E-state index contributed by atoms with van der Waals surface area (Å²) in [4.78, 5) is 12.6. The summed E-state index contributed by atoms with van der Waals surface area (Å²) in [5.41, 5.74) is 2.01. The number of halogens is 2. The highest BCUT2D eigenvalue weighted by molar-refractivity contribution is 5.85. The Morgan fingerprint density at radius 2 is 1.87 bits per heavy atom. The van der Waals surface area contributed by atoms with Crippen molar-refractivity contribution in [1.29, 1.82) is 0 Å². The lowest BCUT2D eigenvalue weighted by molar-refractivity contribution is 0.0893. The van der Waals surface area contributed by atoms with Gasteiger partial charge >= 0.3 is 0 Å². The summed E-state index contributed by atoms with van der Waals surface area (Å²) in [5, 5.41) is 18.9. The van der Waals surface area contributed by atoms with E-state index in [1.54, 1.807) is 18.3 Å². The molecule has 0 amide bonds. The van der Waals surface area contributed by atoms with Crippen molar-refractivity contribution in [3.05, 3.63) is 42.9 Å². The maximum atomic E-state index is 13.1. The van der Waals surface area contributed by atoms with Gasteiger partial charge in [-0.1, -0.05) is 0 Å². The van der Waals surface area contributed by atoms with E-state index in [4.69, 9.17) is 0 Å². The minimum absolute atomic E-state index is 0. The summed E-state index contributed by atoms with van der Waals surface area (Å²) in [6.07, 6.45) is 6.66. The van der Waals surface area contributed by atoms with E-state index >= 15 is 0 Å². The fraction of sp³-hybridized carbons (Fsp3) is 0.400. The zero-order valence-corrected chi connectivity index (χ0v) is 17.4. The SMILES string of the molecule is CN1CCC2(CC1)CN(c1ncc(-c3ccc(-n4cnc(F)c4)cc3O)nn1)C2.Cl. The number of nitrogens with zero attached hydrogens (tertiary/aromatic N) is 7. The van der Waals surface area contributed by atoms with Crippen LogP contribution in [0, 0.1) is 11.4 Å². The van der Waals surface area contributed by atoms with Crippen molar-refractivity contribution in [2.45, 2.75) is 12.8 Å². The monoisotopic (exact) mass is 431 g/mol. The second kappa shape index (κ2) is 7.81. The highest BCUT2D eigenvalue weighted by Crippen LogP contribution is 2.41. The summed E-state index contributed by atoms with van der Waals surface area (Å²) >= 11 is 0. The Kier molecular flexibility index (Phi) is 5.33. The summed E-state index contributed by atoms with van der Waals surface area (Å²) in [7, 11) is 2.17. The largest absolute Gasteiger partial charge is 0.507 e. The molecule has 2 aromatic heterocycles. The average molecular weight is 432 g/mol. The van der Waals surface area contributed by atoms with Crippen molar-refractivity contribution in [3.63, 3.8) is 0 Å². The number of phenolic OH excluding ortho intramolecular Hbond substituents is 1. The quantitative estimate of drug-likeness (QED) is 0.682. The Hall–Kier alpha value is -2.78. The molecule has 8 nitrogen and oxygen atoms in total. The Bertz CT molecular complexity index is 1030. The molecule has 10 heteroatoms. The van der Waals surface area contributed by atoms with Crippen LogP contribution in [-0.2, 0) is 0 Å². The van der Waals surface area contributed by atoms with Crippen LogP contribution in [0.3, 0.4) is 0 Å². The maximum absolute atomic E-state index is 13.1. The Balaban J connectivity index is 0.00000218. The van der Waals surface area contributed by atoms with Gasteiger partial charge in [0.15, 0.2) is 0 Å². The van der Waals surface area contributed by atoms with Crippen LogP contribution in [0.4, 0.5) is 10.3 Å². The number of aromatic nitrogens is 5. The molecule has 0 radical (unpaired) electrons. The first-order valence-electron chi connectivity index (χ1n) is 9.68. The van der Waals surface area contributed by atoms with Gasteiger partial charge in [-0.2, -0.15) is 4.39 Å². The van der Waals surface area contributed by atoms with Crippen LogP contribution in [-0.4, -0.2) is 68.0 Å². The third kappa shape index (κ3) is 3.70. The number of rotatable bonds is 3. The number of hydrogen-bond acceptors (Lipinski definition) is 7. The normalized spacial score (nSPS) is 18.1. The topological polar surface area (TPSA) is 83.2 Å². The van der Waals surface area contributed by atoms with E-state index in [0.717, 1.165) is 26.2 Å². The van der Waals surface area contributed by atoms with E-state index in [2.05, 4.69) is 37.0 Å². The molecule has 158 valence electrons. The molecular weight excluding hydrogens is 409 g/mol. The van der Waals surface area contributed by atoms with E-state index in [1.807, 2.05) is 0 Å². The molecule has 30 heavy (non-hydrogen) atoms. The zero-order valence-electron chi connectivity index (χ0n) is 16.6. The fourth-order valence-corrected chi connectivity index (χ4v) is 4.19. The fourth-order valence-electron chi connectivity index (χ4n) is 4.19. The molecule has 2 fully saturated rings. The van der Waals surface area contributed by atoms with Gasteiger partial charge in [0.05, 0.1) is 18.1 Å². The van der Waals surface area contributed by atoms with Crippen LogP contribution in [0.5, 0.6) is 5.75 Å². The number of likely N-dealkylation sites (tertiary alicyclic amines) is 1. The molecule has 4 heterocycles. The second-order valence-corrected chi connectivity index (χ2v) is 8.11. The molecular formula is C20H23ClFN7O. The number of benzene rings is 1. The van der Waals surface area contributed by atoms with Gasteiger partial charge in [0.25, 0.3) is 0 Å². The predicted molar refractivity (Wildman–Crippen MR) is 113 cm³/mol. The van der Waals surface area contributed by atoms with Gasteiger partial charge < -0.3 is 19.5 Å². The van der Waals surface area contributed by atoms with Gasteiger partial charge in [-0.3, -0.25) is 0 Å². The first kappa shape index (κ1) is 20.5. The highest BCUT2D eigenvalue weighted by Gasteiger charge is 2.45. The standard InChI is InChI=1S/C20H22FN7O.ClH/c1-26-6-4-20(5-7-26)11-28(12-20)19-22-9-16(24-25-19)15-3-2-14(8-17(15)29)27-10-18(21)23-13-27;/h2-3,8-10,13,29H,4-7,11-12H2,1H3;1H. The van der Waals surface area contributed by atoms with Crippen molar-refractivity contribution in [1.82, 2.24) is 29.6 Å². The first-order chi connectivity index (χ1) is 14.0. The molecule has 0 bridgehead atoms. The van der Waals surface area contributed by atoms with Crippen molar-refractivity contribution in [2.75, 3.05) is 38.1 Å². The molecule has 0 aliphatic carbocycles. The minimum Gasteiger partial charge on any atom is -0.507 e. The first-order valence-corrected chi connectivity index (χ1v) is 9.68. The number of hydrogen-bond donors (Lipinski definition) is 1. The molecule has 0 atom stereocenters. The number of phenols is 1. The Morgan fingerprint density at radius 1 is 1.10 bits per heavy atom. The van der Waals surface area contributed by atoms with E-state index < -0.39 is 5.95 Å². The van der Waals surface area contributed by atoms with Gasteiger partial charge in [0, 0.05) is 30.1 Å². The lowest BCUT2D eigenvalue weighted by Gasteiger charge is -2.53. The summed E-state index contributed by atoms with van der Waals surface area (Å²) in [5.74, 6) is 0.0743. The lowest BCUT2D eigenvalue weighted by atomic mass is 9.72. The van der Waals surface area contributed by atoms with Crippen molar-refractivity contribution in [3.8, 4) is 22.7 Å². The van der Waals surface area contributed by atoms with Crippen LogP contribution in [0.2, 0.25) is 0 Å². The van der Waals surface area contributed by atoms with Crippen LogP contribution in [0.15, 0.2) is 36.9 Å². The lowest BCUT2D eigenvalue weighted by Crippen LogP contribution is -2.60. The van der Waals surface area contributed by atoms with E-state index in [0.29, 0.717) is 28.3 Å². The average Bonchev–Trinajstić information content (AvgIpc) is 3.14. The van der Waals surface area contributed by atoms with Crippen molar-refractivity contribution < 1.29 is 9.50 Å². The third-order valence-electron chi connectivity index (χ3n) is 6.04. The Morgan fingerprint density at radius 3 is 2.47 bits per heavy atom. The van der Waals surface area contributed by atoms with Crippen molar-refractivity contribution in [2.24, 2.45) is 5.41 Å². The molecule has 2 aliphatic heterocycles. The van der Waals surface area contributed by atoms with Gasteiger partial charge in [-0.15, -0.1) is 22.6 Å². The second-order valence-electron chi connectivity index (χ2n) is 8.11. The number of anilines is 1. The van der Waals surface area contributed by atoms with E-state index in [9.17, 15) is 9.50 Å². The molecule has 1 N–H and O–H groups in total. The molecule has 1 aromatic carbocycles. The minimum atomic E-state index is -0.577. The number of imidazole rings is 1. The van der Waals surface area contributed by atoms with Crippen LogP contribution >= 0.6 is 12.4 Å². The molecule has 2 aliphatic rings. The number of piperidine rings is 1. The predicted octanol–water partition coefficient (Wildman–Crippen LogP) is 2.52. The van der Waals surface area contributed by atoms with Crippen LogP contribution < -0.4 is 4.90 Å². The maximum Gasteiger partial charge on any atom is 0.245 e. The van der Waals surface area contributed by atoms with E-state index in [-0.39, 0.29) is 18.2 Å². The van der Waals surface area contributed by atoms with Crippen molar-refractivity contribution >= 4 is 18.4 Å². The molecule has 0 unspecified atom stereocenters. The smallest absolute Gasteiger partial charge is 0.245 e. The molecule has 5 rings (SSSR count). The summed E-state index contributed by atoms with van der Waals surface area (Å²) < 4.78 is 14.6. The van der Waals surface area contributed by atoms with Crippen LogP contribution in [0.25, 0.3) is 16.9 Å². The zero-order chi connectivity index (χ0) is 20.0. The van der Waals surface area contributed by atoms with E-state index in [1.165, 1.54) is 36.0 Å². The summed E-state index contributed by atoms with van der Waals surface area (Å²) in [6, 6.07) is 5.00. The molecule has 1 spiro atoms. The molecule has 0 saturated carbocycles. The molecule has 3 aromatic rings. The summed E-state index contributed by atoms with van der Waals surface area (Å²) in [6.45, 7) is 4.24. The van der Waals surface area contributed by atoms with Gasteiger partial charge in [-0.05, 0) is 45.1 Å². The Labute approximate surface area is 179 Å². The van der Waals surface area contributed by atoms with Gasteiger partial charge in [0.2, 0.25) is 11.9 Å². The number of aromatic hydroxyl groups is 1. The van der Waals surface area contributed by atoms with Gasteiger partial charge in [0.1, 0.15) is 17.8 Å². The van der Waals surface area contributed by atoms with Crippen LogP contribution in [0.1, 0.15) is 12.8 Å². The molecule has 2 saturated heterocycles.